The highest BCUT2D eigenvalue weighted by atomic mass is 127. The van der Waals surface area contributed by atoms with Gasteiger partial charge < -0.3 is 29.2 Å². The molecule has 182 valence electrons. The molecule has 0 saturated carbocycles. The lowest BCUT2D eigenvalue weighted by Gasteiger charge is -2.40. The van der Waals surface area contributed by atoms with Crippen LogP contribution >= 0.6 is 24.0 Å². The van der Waals surface area contributed by atoms with Crippen LogP contribution in [0.4, 0.5) is 0 Å². The Hall–Kier alpha value is -1.10. The van der Waals surface area contributed by atoms with E-state index in [2.05, 4.69) is 39.5 Å². The molecule has 0 aliphatic carbocycles. The van der Waals surface area contributed by atoms with Crippen molar-refractivity contribution >= 4 is 29.9 Å². The molecule has 0 radical (unpaired) electrons. The minimum absolute atomic E-state index is 0. The zero-order chi connectivity index (χ0) is 21.9. The van der Waals surface area contributed by atoms with Gasteiger partial charge in [-0.3, -0.25) is 4.99 Å². The lowest BCUT2D eigenvalue weighted by molar-refractivity contribution is 0.00968. The molecule has 0 amide bonds. The van der Waals surface area contributed by atoms with Crippen LogP contribution in [0.5, 0.6) is 5.75 Å². The van der Waals surface area contributed by atoms with Crippen molar-refractivity contribution in [1.82, 2.24) is 10.2 Å². The van der Waals surface area contributed by atoms with Gasteiger partial charge in [-0.1, -0.05) is 12.1 Å². The Balaban J connectivity index is 0.00000363. The Morgan fingerprint density at radius 2 is 1.81 bits per heavy atom. The van der Waals surface area contributed by atoms with E-state index in [4.69, 9.17) is 18.9 Å². The molecule has 2 heterocycles. The minimum Gasteiger partial charge on any atom is -0.497 e. The first-order chi connectivity index (χ1) is 15.2. The average Bonchev–Trinajstić information content (AvgIpc) is 2.84. The van der Waals surface area contributed by atoms with Crippen LogP contribution in [0.1, 0.15) is 37.7 Å². The number of nitrogens with zero attached hydrogens (tertiary/aromatic N) is 2. The van der Waals surface area contributed by atoms with Crippen LogP contribution < -0.4 is 10.1 Å². The number of rotatable bonds is 9. The highest BCUT2D eigenvalue weighted by molar-refractivity contribution is 14.0. The number of nitrogens with one attached hydrogen (secondary N) is 1. The molecule has 8 heteroatoms. The molecule has 32 heavy (non-hydrogen) atoms. The van der Waals surface area contributed by atoms with E-state index < -0.39 is 0 Å². The molecular weight excluding hydrogens is 521 g/mol. The Bertz CT molecular complexity index is 672. The van der Waals surface area contributed by atoms with Crippen LogP contribution in [0.25, 0.3) is 0 Å². The van der Waals surface area contributed by atoms with E-state index in [1.54, 1.807) is 14.2 Å². The number of aliphatic imine (C=N–C) groups is 1. The zero-order valence-corrected chi connectivity index (χ0v) is 22.1. The molecular formula is C24H40IN3O4. The van der Waals surface area contributed by atoms with E-state index in [0.29, 0.717) is 6.10 Å². The summed E-state index contributed by atoms with van der Waals surface area (Å²) in [4.78, 5) is 6.94. The fourth-order valence-electron chi connectivity index (χ4n) is 4.54. The van der Waals surface area contributed by atoms with Crippen LogP contribution in [0, 0.1) is 0 Å². The summed E-state index contributed by atoms with van der Waals surface area (Å²) in [6.07, 6.45) is 5.36. The number of halogens is 1. The van der Waals surface area contributed by atoms with Gasteiger partial charge in [0.2, 0.25) is 0 Å². The minimum atomic E-state index is 0. The second-order valence-electron chi connectivity index (χ2n) is 8.43. The molecule has 0 spiro atoms. The summed E-state index contributed by atoms with van der Waals surface area (Å²) in [6.45, 7) is 5.90. The van der Waals surface area contributed by atoms with Gasteiger partial charge in [-0.05, 0) is 49.8 Å². The quantitative estimate of drug-likeness (QED) is 0.216. The maximum Gasteiger partial charge on any atom is 0.193 e. The van der Waals surface area contributed by atoms with Gasteiger partial charge in [0.05, 0.1) is 13.2 Å². The summed E-state index contributed by atoms with van der Waals surface area (Å²) in [7, 11) is 5.31. The van der Waals surface area contributed by atoms with Gasteiger partial charge >= 0.3 is 0 Å². The van der Waals surface area contributed by atoms with Gasteiger partial charge in [0.1, 0.15) is 5.75 Å². The molecule has 0 bridgehead atoms. The number of benzene rings is 1. The van der Waals surface area contributed by atoms with Crippen LogP contribution in [0.3, 0.4) is 0 Å². The summed E-state index contributed by atoms with van der Waals surface area (Å²) >= 11 is 0. The first-order valence-electron chi connectivity index (χ1n) is 11.5. The average molecular weight is 562 g/mol. The van der Waals surface area contributed by atoms with E-state index in [1.807, 2.05) is 7.05 Å². The third-order valence-corrected chi connectivity index (χ3v) is 6.54. The lowest BCUT2D eigenvalue weighted by atomic mass is 9.74. The van der Waals surface area contributed by atoms with E-state index in [0.717, 1.165) is 89.9 Å². The summed E-state index contributed by atoms with van der Waals surface area (Å²) in [6, 6.07) is 8.50. The van der Waals surface area contributed by atoms with Crippen molar-refractivity contribution in [2.45, 2.75) is 43.6 Å². The van der Waals surface area contributed by atoms with Gasteiger partial charge in [0, 0.05) is 65.6 Å². The van der Waals surface area contributed by atoms with E-state index in [1.165, 1.54) is 5.56 Å². The van der Waals surface area contributed by atoms with Gasteiger partial charge in [0.15, 0.2) is 5.96 Å². The lowest BCUT2D eigenvalue weighted by Crippen LogP contribution is -2.51. The van der Waals surface area contributed by atoms with Crippen molar-refractivity contribution in [2.24, 2.45) is 4.99 Å². The summed E-state index contributed by atoms with van der Waals surface area (Å²) in [5.41, 5.74) is 1.38. The molecule has 7 nitrogen and oxygen atoms in total. The van der Waals surface area contributed by atoms with Crippen molar-refractivity contribution in [3.05, 3.63) is 29.8 Å². The van der Waals surface area contributed by atoms with Crippen molar-refractivity contribution in [3.8, 4) is 5.75 Å². The largest absolute Gasteiger partial charge is 0.497 e. The molecule has 1 aromatic carbocycles. The van der Waals surface area contributed by atoms with Gasteiger partial charge in [-0.2, -0.15) is 0 Å². The first kappa shape index (κ1) is 27.1. The second kappa shape index (κ2) is 14.2. The normalized spacial score (nSPS) is 19.3. The predicted octanol–water partition coefficient (Wildman–Crippen LogP) is 3.45. The van der Waals surface area contributed by atoms with Gasteiger partial charge in [0.25, 0.3) is 0 Å². The SMILES string of the molecule is CN=C(NCC1(c2ccc(OC)cc2)CCOCC1)N1CCC(OCCCOC)CC1.I. The molecule has 1 N–H and O–H groups in total. The Kier molecular flexibility index (Phi) is 12.1. The van der Waals surface area contributed by atoms with Gasteiger partial charge in [-0.15, -0.1) is 24.0 Å². The predicted molar refractivity (Wildman–Crippen MR) is 139 cm³/mol. The number of piperidine rings is 1. The number of methoxy groups -OCH3 is 2. The highest BCUT2D eigenvalue weighted by Crippen LogP contribution is 2.35. The third kappa shape index (κ3) is 7.46. The number of guanidine groups is 1. The fraction of sp³-hybridized carbons (Fsp3) is 0.708. The Morgan fingerprint density at radius 3 is 2.41 bits per heavy atom. The van der Waals surface area contributed by atoms with Crippen LogP contribution in [-0.4, -0.2) is 84.3 Å². The molecule has 0 aromatic heterocycles. The molecule has 0 unspecified atom stereocenters. The molecule has 3 rings (SSSR count). The molecule has 0 atom stereocenters. The van der Waals surface area contributed by atoms with Crippen molar-refractivity contribution in [3.63, 3.8) is 0 Å². The smallest absolute Gasteiger partial charge is 0.193 e. The first-order valence-corrected chi connectivity index (χ1v) is 11.5. The van der Waals surface area contributed by atoms with Crippen molar-refractivity contribution in [1.29, 1.82) is 0 Å². The van der Waals surface area contributed by atoms with E-state index in [-0.39, 0.29) is 29.4 Å². The number of ether oxygens (including phenoxy) is 4. The fourth-order valence-corrected chi connectivity index (χ4v) is 4.54. The standard InChI is InChI=1S/C24H39N3O4.HI/c1-25-23(27-13-9-22(10-14-27)31-16-4-15-28-2)26-19-24(11-17-30-18-12-24)20-5-7-21(29-3)8-6-20;/h5-8,22H,4,9-19H2,1-3H3,(H,25,26);1H. The summed E-state index contributed by atoms with van der Waals surface area (Å²) in [5.74, 6) is 1.87. The van der Waals surface area contributed by atoms with Crippen LogP contribution in [0.2, 0.25) is 0 Å². The highest BCUT2D eigenvalue weighted by Gasteiger charge is 2.35. The monoisotopic (exact) mass is 561 g/mol. The number of hydrogen-bond acceptors (Lipinski definition) is 5. The van der Waals surface area contributed by atoms with E-state index >= 15 is 0 Å². The number of hydrogen-bond donors (Lipinski definition) is 1. The Labute approximate surface area is 210 Å². The zero-order valence-electron chi connectivity index (χ0n) is 19.8. The number of likely N-dealkylation sites (tertiary alicyclic amines) is 1. The van der Waals surface area contributed by atoms with Crippen molar-refractivity contribution < 1.29 is 18.9 Å². The topological polar surface area (TPSA) is 64.6 Å². The summed E-state index contributed by atoms with van der Waals surface area (Å²) in [5, 5.41) is 3.68. The second-order valence-corrected chi connectivity index (χ2v) is 8.43. The van der Waals surface area contributed by atoms with Crippen LogP contribution in [-0.2, 0) is 19.6 Å². The summed E-state index contributed by atoms with van der Waals surface area (Å²) < 4.78 is 22.1. The Morgan fingerprint density at radius 1 is 1.12 bits per heavy atom. The van der Waals surface area contributed by atoms with Gasteiger partial charge in [-0.25, -0.2) is 0 Å². The molecule has 1 aromatic rings. The molecule has 2 aliphatic rings. The van der Waals surface area contributed by atoms with Crippen LogP contribution in [0.15, 0.2) is 29.3 Å². The molecule has 2 fully saturated rings. The maximum atomic E-state index is 6.00. The molecule has 2 saturated heterocycles. The van der Waals surface area contributed by atoms with E-state index in [9.17, 15) is 0 Å². The third-order valence-electron chi connectivity index (χ3n) is 6.54. The molecule has 2 aliphatic heterocycles. The maximum absolute atomic E-state index is 6.00. The van der Waals surface area contributed by atoms with Crippen molar-refractivity contribution in [2.75, 3.05) is 67.3 Å².